The molecule has 3 rings (SSSR count). The Balaban J connectivity index is 1.78. The fourth-order valence-corrected chi connectivity index (χ4v) is 2.92. The summed E-state index contributed by atoms with van der Waals surface area (Å²) < 4.78 is 19.1. The van der Waals surface area contributed by atoms with E-state index >= 15 is 0 Å². The fraction of sp³-hybridized carbons (Fsp3) is 0.533. The van der Waals surface area contributed by atoms with Crippen LogP contribution in [0.3, 0.4) is 0 Å². The van der Waals surface area contributed by atoms with Crippen molar-refractivity contribution in [1.82, 2.24) is 4.90 Å². The van der Waals surface area contributed by atoms with Crippen LogP contribution in [0.25, 0.3) is 0 Å². The predicted octanol–water partition coefficient (Wildman–Crippen LogP) is 1.98. The van der Waals surface area contributed by atoms with Gasteiger partial charge in [-0.1, -0.05) is 12.1 Å². The number of guanidine groups is 1. The molecule has 2 N–H and O–H groups in total. The summed E-state index contributed by atoms with van der Waals surface area (Å²) >= 11 is 0. The molecule has 108 valence electrons. The number of hydrogen-bond donors (Lipinski definition) is 1. The summed E-state index contributed by atoms with van der Waals surface area (Å²) in [6.07, 6.45) is 2.40. The molecule has 2 aliphatic rings. The smallest absolute Gasteiger partial charge is 0.192 e. The van der Waals surface area contributed by atoms with Crippen LogP contribution < -0.4 is 5.73 Å². The number of ether oxygens (including phenoxy) is 1. The van der Waals surface area contributed by atoms with Crippen LogP contribution in [-0.4, -0.2) is 36.7 Å². The molecular formula is C15H20FN3O. The first-order valence-corrected chi connectivity index (χ1v) is 7.09. The van der Waals surface area contributed by atoms with Crippen molar-refractivity contribution in [3.8, 4) is 0 Å². The monoisotopic (exact) mass is 277 g/mol. The minimum Gasteiger partial charge on any atom is -0.376 e. The summed E-state index contributed by atoms with van der Waals surface area (Å²) in [5, 5.41) is 0. The van der Waals surface area contributed by atoms with Gasteiger partial charge in [-0.3, -0.25) is 4.99 Å². The van der Waals surface area contributed by atoms with Crippen LogP contribution in [0.4, 0.5) is 4.39 Å². The standard InChI is InChI=1S/C15H20FN3O/c1-10-7-11(4-5-13(10)16)14-8-18-15(17)19(14)9-12-3-2-6-20-12/h4-5,7,12,14H,2-3,6,8-9H2,1H3,(H2,17,18). The van der Waals surface area contributed by atoms with E-state index in [9.17, 15) is 4.39 Å². The Hall–Kier alpha value is -1.62. The number of hydrogen-bond acceptors (Lipinski definition) is 4. The molecule has 0 aromatic heterocycles. The van der Waals surface area contributed by atoms with Gasteiger partial charge in [0, 0.05) is 13.2 Å². The molecule has 5 heteroatoms. The van der Waals surface area contributed by atoms with E-state index in [2.05, 4.69) is 9.89 Å². The maximum Gasteiger partial charge on any atom is 0.192 e. The van der Waals surface area contributed by atoms with Gasteiger partial charge >= 0.3 is 0 Å². The number of aliphatic imine (C=N–C) groups is 1. The molecule has 2 atom stereocenters. The van der Waals surface area contributed by atoms with E-state index in [-0.39, 0.29) is 18.0 Å². The Morgan fingerprint density at radius 1 is 1.50 bits per heavy atom. The second-order valence-electron chi connectivity index (χ2n) is 5.51. The maximum atomic E-state index is 13.4. The molecule has 1 aromatic carbocycles. The number of nitrogens with two attached hydrogens (primary N) is 1. The highest BCUT2D eigenvalue weighted by Gasteiger charge is 2.31. The van der Waals surface area contributed by atoms with E-state index in [0.717, 1.165) is 31.6 Å². The van der Waals surface area contributed by atoms with Gasteiger partial charge in [-0.25, -0.2) is 4.39 Å². The highest BCUT2D eigenvalue weighted by atomic mass is 19.1. The van der Waals surface area contributed by atoms with Crippen molar-refractivity contribution in [3.05, 3.63) is 35.1 Å². The number of rotatable bonds is 3. The normalized spacial score (nSPS) is 26.1. The largest absolute Gasteiger partial charge is 0.376 e. The lowest BCUT2D eigenvalue weighted by molar-refractivity contribution is 0.0852. The van der Waals surface area contributed by atoms with Crippen LogP contribution in [0.5, 0.6) is 0 Å². The average Bonchev–Trinajstić information content (AvgIpc) is 3.05. The summed E-state index contributed by atoms with van der Waals surface area (Å²) in [5.41, 5.74) is 7.72. The van der Waals surface area contributed by atoms with E-state index in [1.165, 1.54) is 6.07 Å². The van der Waals surface area contributed by atoms with Crippen molar-refractivity contribution < 1.29 is 9.13 Å². The zero-order valence-corrected chi connectivity index (χ0v) is 11.7. The van der Waals surface area contributed by atoms with Crippen LogP contribution in [0, 0.1) is 12.7 Å². The Bertz CT molecular complexity index is 526. The van der Waals surface area contributed by atoms with E-state index in [0.29, 0.717) is 18.1 Å². The summed E-state index contributed by atoms with van der Waals surface area (Å²) in [6.45, 7) is 4.00. The molecule has 2 aliphatic heterocycles. The fourth-order valence-electron chi connectivity index (χ4n) is 2.92. The molecule has 0 bridgehead atoms. The third-order valence-corrected chi connectivity index (χ3v) is 4.09. The Kier molecular flexibility index (Phi) is 3.61. The molecule has 2 heterocycles. The van der Waals surface area contributed by atoms with Crippen molar-refractivity contribution in [1.29, 1.82) is 0 Å². The summed E-state index contributed by atoms with van der Waals surface area (Å²) in [7, 11) is 0. The first kappa shape index (κ1) is 13.4. The first-order chi connectivity index (χ1) is 9.65. The van der Waals surface area contributed by atoms with Gasteiger partial charge in [0.05, 0.1) is 18.7 Å². The quantitative estimate of drug-likeness (QED) is 0.919. The molecule has 1 aromatic rings. The zero-order valence-electron chi connectivity index (χ0n) is 11.7. The summed E-state index contributed by atoms with van der Waals surface area (Å²) in [6, 6.07) is 5.32. The lowest BCUT2D eigenvalue weighted by Gasteiger charge is -2.29. The van der Waals surface area contributed by atoms with Crippen molar-refractivity contribution in [2.24, 2.45) is 10.7 Å². The number of aryl methyl sites for hydroxylation is 1. The molecule has 20 heavy (non-hydrogen) atoms. The summed E-state index contributed by atoms with van der Waals surface area (Å²) in [4.78, 5) is 6.43. The molecule has 0 aliphatic carbocycles. The minimum atomic E-state index is -0.175. The van der Waals surface area contributed by atoms with Crippen molar-refractivity contribution >= 4 is 5.96 Å². The number of nitrogens with zero attached hydrogens (tertiary/aromatic N) is 2. The van der Waals surface area contributed by atoms with Gasteiger partial charge in [0.1, 0.15) is 5.82 Å². The molecule has 2 unspecified atom stereocenters. The Labute approximate surface area is 118 Å². The molecule has 0 saturated carbocycles. The van der Waals surface area contributed by atoms with E-state index in [1.54, 1.807) is 6.92 Å². The Morgan fingerprint density at radius 2 is 2.35 bits per heavy atom. The van der Waals surface area contributed by atoms with E-state index < -0.39 is 0 Å². The van der Waals surface area contributed by atoms with Crippen molar-refractivity contribution in [2.75, 3.05) is 19.7 Å². The molecule has 0 radical (unpaired) electrons. The highest BCUT2D eigenvalue weighted by Crippen LogP contribution is 2.28. The van der Waals surface area contributed by atoms with Gasteiger partial charge in [-0.15, -0.1) is 0 Å². The van der Waals surface area contributed by atoms with Gasteiger partial charge in [0.25, 0.3) is 0 Å². The van der Waals surface area contributed by atoms with Gasteiger partial charge in [-0.2, -0.15) is 0 Å². The van der Waals surface area contributed by atoms with Gasteiger partial charge < -0.3 is 15.4 Å². The third-order valence-electron chi connectivity index (χ3n) is 4.09. The predicted molar refractivity (Wildman–Crippen MR) is 76.0 cm³/mol. The lowest BCUT2D eigenvalue weighted by Crippen LogP contribution is -2.41. The maximum absolute atomic E-state index is 13.4. The van der Waals surface area contributed by atoms with Crippen LogP contribution in [0.15, 0.2) is 23.2 Å². The molecule has 1 saturated heterocycles. The van der Waals surface area contributed by atoms with Crippen LogP contribution in [0.2, 0.25) is 0 Å². The average molecular weight is 277 g/mol. The van der Waals surface area contributed by atoms with E-state index in [1.807, 2.05) is 12.1 Å². The van der Waals surface area contributed by atoms with Gasteiger partial charge in [-0.05, 0) is 37.0 Å². The van der Waals surface area contributed by atoms with Crippen molar-refractivity contribution in [3.63, 3.8) is 0 Å². The first-order valence-electron chi connectivity index (χ1n) is 7.09. The Morgan fingerprint density at radius 3 is 3.05 bits per heavy atom. The SMILES string of the molecule is Cc1cc(C2CN=C(N)N2CC2CCCO2)ccc1F. The second-order valence-corrected chi connectivity index (χ2v) is 5.51. The molecule has 1 fully saturated rings. The zero-order chi connectivity index (χ0) is 14.1. The summed E-state index contributed by atoms with van der Waals surface area (Å²) in [5.74, 6) is 0.388. The topological polar surface area (TPSA) is 50.8 Å². The van der Waals surface area contributed by atoms with Crippen LogP contribution >= 0.6 is 0 Å². The third kappa shape index (κ3) is 2.50. The molecule has 0 amide bonds. The van der Waals surface area contributed by atoms with Crippen LogP contribution in [-0.2, 0) is 4.74 Å². The number of halogens is 1. The molecule has 4 nitrogen and oxygen atoms in total. The minimum absolute atomic E-state index is 0.0958. The van der Waals surface area contributed by atoms with E-state index in [4.69, 9.17) is 10.5 Å². The van der Waals surface area contributed by atoms with Crippen molar-refractivity contribution in [2.45, 2.75) is 31.9 Å². The molecular weight excluding hydrogens is 257 g/mol. The van der Waals surface area contributed by atoms with Gasteiger partial charge in [0.2, 0.25) is 0 Å². The van der Waals surface area contributed by atoms with Gasteiger partial charge in [0.15, 0.2) is 5.96 Å². The molecule has 0 spiro atoms. The highest BCUT2D eigenvalue weighted by molar-refractivity contribution is 5.80. The lowest BCUT2D eigenvalue weighted by atomic mass is 10.0. The number of benzene rings is 1. The van der Waals surface area contributed by atoms with Crippen LogP contribution in [0.1, 0.15) is 30.0 Å². The second kappa shape index (κ2) is 5.40.